The van der Waals surface area contributed by atoms with Gasteiger partial charge in [-0.15, -0.1) is 0 Å². The van der Waals surface area contributed by atoms with Crippen LogP contribution < -0.4 is 10.1 Å². The van der Waals surface area contributed by atoms with Gasteiger partial charge in [0.05, 0.1) is 41.8 Å². The number of benzene rings is 2. The number of nitrogens with zero attached hydrogens (tertiary/aromatic N) is 1. The summed E-state index contributed by atoms with van der Waals surface area (Å²) in [6, 6.07) is 11.8. The zero-order valence-corrected chi connectivity index (χ0v) is 17.6. The van der Waals surface area contributed by atoms with Crippen molar-refractivity contribution in [1.29, 1.82) is 0 Å². The van der Waals surface area contributed by atoms with Crippen LogP contribution in [0, 0.1) is 6.92 Å². The van der Waals surface area contributed by atoms with Crippen LogP contribution in [0.4, 0.5) is 5.69 Å². The minimum absolute atomic E-state index is 0.0787. The molecule has 0 radical (unpaired) electrons. The van der Waals surface area contributed by atoms with Gasteiger partial charge >= 0.3 is 0 Å². The Kier molecular flexibility index (Phi) is 7.13. The van der Waals surface area contributed by atoms with Crippen molar-refractivity contribution in [2.24, 2.45) is 0 Å². The molecule has 1 fully saturated rings. The normalized spacial score (nSPS) is 15.1. The summed E-state index contributed by atoms with van der Waals surface area (Å²) in [5.41, 5.74) is 1.37. The summed E-state index contributed by atoms with van der Waals surface area (Å²) in [6.45, 7) is 3.48. The van der Waals surface area contributed by atoms with Crippen LogP contribution in [0.2, 0.25) is 5.02 Å². The highest BCUT2D eigenvalue weighted by Gasteiger charge is 2.27. The van der Waals surface area contributed by atoms with E-state index in [9.17, 15) is 13.2 Å². The van der Waals surface area contributed by atoms with Crippen molar-refractivity contribution >= 4 is 33.2 Å². The van der Waals surface area contributed by atoms with E-state index in [2.05, 4.69) is 5.32 Å². The molecular weight excluding hydrogens is 416 g/mol. The van der Waals surface area contributed by atoms with E-state index in [1.54, 1.807) is 0 Å². The van der Waals surface area contributed by atoms with Gasteiger partial charge in [-0.05, 0) is 37.3 Å². The molecule has 7 nitrogen and oxygen atoms in total. The average Bonchev–Trinajstić information content (AvgIpc) is 2.71. The van der Waals surface area contributed by atoms with Gasteiger partial charge in [0.1, 0.15) is 5.75 Å². The van der Waals surface area contributed by atoms with Crippen LogP contribution in [-0.4, -0.2) is 51.5 Å². The van der Waals surface area contributed by atoms with E-state index in [0.29, 0.717) is 32.1 Å². The molecule has 0 aromatic heterocycles. The summed E-state index contributed by atoms with van der Waals surface area (Å²) in [4.78, 5) is 12.3. The van der Waals surface area contributed by atoms with Gasteiger partial charge in [-0.1, -0.05) is 29.3 Å². The molecule has 0 saturated carbocycles. The number of rotatable bonds is 7. The van der Waals surface area contributed by atoms with Gasteiger partial charge in [-0.25, -0.2) is 8.42 Å². The Morgan fingerprint density at radius 3 is 2.55 bits per heavy atom. The highest BCUT2D eigenvalue weighted by Crippen LogP contribution is 2.27. The van der Waals surface area contributed by atoms with Gasteiger partial charge in [0.2, 0.25) is 15.9 Å². The first kappa shape index (κ1) is 21.6. The van der Waals surface area contributed by atoms with Crippen LogP contribution in [0.15, 0.2) is 47.4 Å². The van der Waals surface area contributed by atoms with E-state index < -0.39 is 10.0 Å². The summed E-state index contributed by atoms with van der Waals surface area (Å²) in [6.07, 6.45) is 0.102. The first-order valence-corrected chi connectivity index (χ1v) is 11.0. The monoisotopic (exact) mass is 438 g/mol. The maximum Gasteiger partial charge on any atom is 0.243 e. The van der Waals surface area contributed by atoms with Gasteiger partial charge in [-0.2, -0.15) is 4.31 Å². The number of hydrogen-bond donors (Lipinski definition) is 1. The highest BCUT2D eigenvalue weighted by molar-refractivity contribution is 7.89. The Labute approximate surface area is 175 Å². The van der Waals surface area contributed by atoms with Gasteiger partial charge in [0.15, 0.2) is 0 Å². The Morgan fingerprint density at radius 2 is 1.86 bits per heavy atom. The van der Waals surface area contributed by atoms with E-state index in [4.69, 9.17) is 21.1 Å². The maximum atomic E-state index is 12.8. The fraction of sp³-hybridized carbons (Fsp3) is 0.350. The second-order valence-corrected chi connectivity index (χ2v) is 8.96. The summed E-state index contributed by atoms with van der Waals surface area (Å²) < 4.78 is 37.7. The van der Waals surface area contributed by atoms with E-state index >= 15 is 0 Å². The van der Waals surface area contributed by atoms with Crippen molar-refractivity contribution in [3.63, 3.8) is 0 Å². The maximum absolute atomic E-state index is 12.8. The minimum atomic E-state index is -3.67. The lowest BCUT2D eigenvalue weighted by Gasteiger charge is -2.26. The van der Waals surface area contributed by atoms with E-state index in [0.717, 1.165) is 5.56 Å². The molecule has 0 atom stereocenters. The van der Waals surface area contributed by atoms with Crippen LogP contribution in [0.3, 0.4) is 0 Å². The SMILES string of the molecule is Cc1ccc(OCCC(=O)Nc2cc(S(=O)(=O)N3CCOCC3)ccc2Cl)cc1. The van der Waals surface area contributed by atoms with Crippen molar-refractivity contribution in [2.45, 2.75) is 18.2 Å². The lowest BCUT2D eigenvalue weighted by Crippen LogP contribution is -2.40. The van der Waals surface area contributed by atoms with Crippen molar-refractivity contribution in [1.82, 2.24) is 4.31 Å². The molecule has 9 heteroatoms. The zero-order valence-electron chi connectivity index (χ0n) is 16.1. The summed E-state index contributed by atoms with van der Waals surface area (Å²) in [5.74, 6) is 0.361. The van der Waals surface area contributed by atoms with Crippen molar-refractivity contribution in [2.75, 3.05) is 38.2 Å². The number of anilines is 1. The summed E-state index contributed by atoms with van der Waals surface area (Å²) in [5, 5.41) is 2.93. The smallest absolute Gasteiger partial charge is 0.243 e. The lowest BCUT2D eigenvalue weighted by atomic mass is 10.2. The number of carbonyl (C=O) groups is 1. The van der Waals surface area contributed by atoms with Gasteiger partial charge in [0.25, 0.3) is 0 Å². The minimum Gasteiger partial charge on any atom is -0.493 e. The van der Waals surface area contributed by atoms with Crippen LogP contribution in [-0.2, 0) is 19.6 Å². The number of sulfonamides is 1. The molecule has 29 heavy (non-hydrogen) atoms. The number of aryl methyl sites for hydroxylation is 1. The van der Waals surface area contributed by atoms with Crippen LogP contribution >= 0.6 is 11.6 Å². The quantitative estimate of drug-likeness (QED) is 0.718. The first-order chi connectivity index (χ1) is 13.9. The van der Waals surface area contributed by atoms with E-state index in [-0.39, 0.29) is 34.5 Å². The number of nitrogens with one attached hydrogen (secondary N) is 1. The number of amides is 1. The molecule has 0 spiro atoms. The van der Waals surface area contributed by atoms with Gasteiger partial charge in [0, 0.05) is 13.1 Å². The molecule has 2 aromatic rings. The van der Waals surface area contributed by atoms with E-state index in [1.165, 1.54) is 22.5 Å². The van der Waals surface area contributed by atoms with Crippen molar-refractivity contribution in [3.05, 3.63) is 53.1 Å². The largest absolute Gasteiger partial charge is 0.493 e. The Balaban J connectivity index is 1.61. The molecule has 0 aliphatic carbocycles. The lowest BCUT2D eigenvalue weighted by molar-refractivity contribution is -0.116. The molecule has 2 aromatic carbocycles. The Hall–Kier alpha value is -2.13. The highest BCUT2D eigenvalue weighted by atomic mass is 35.5. The number of halogens is 1. The molecule has 0 bridgehead atoms. The van der Waals surface area contributed by atoms with Crippen LogP contribution in [0.25, 0.3) is 0 Å². The predicted octanol–water partition coefficient (Wildman–Crippen LogP) is 3.08. The van der Waals surface area contributed by atoms with Crippen LogP contribution in [0.5, 0.6) is 5.75 Å². The summed E-state index contributed by atoms with van der Waals surface area (Å²) >= 11 is 6.15. The van der Waals surface area contributed by atoms with Gasteiger partial charge in [-0.3, -0.25) is 4.79 Å². The topological polar surface area (TPSA) is 84.9 Å². The summed E-state index contributed by atoms with van der Waals surface area (Å²) in [7, 11) is -3.67. The molecule has 1 aliphatic heterocycles. The molecular formula is C20H23ClN2O5S. The number of carbonyl (C=O) groups excluding carboxylic acids is 1. The molecule has 1 saturated heterocycles. The molecule has 1 heterocycles. The van der Waals surface area contributed by atoms with Gasteiger partial charge < -0.3 is 14.8 Å². The van der Waals surface area contributed by atoms with Crippen LogP contribution in [0.1, 0.15) is 12.0 Å². The fourth-order valence-electron chi connectivity index (χ4n) is 2.81. The second kappa shape index (κ2) is 9.58. The molecule has 1 aliphatic rings. The number of hydrogen-bond acceptors (Lipinski definition) is 5. The molecule has 1 N–H and O–H groups in total. The number of ether oxygens (including phenoxy) is 2. The third-order valence-corrected chi connectivity index (χ3v) is 6.66. The molecule has 3 rings (SSSR count). The third kappa shape index (κ3) is 5.70. The zero-order chi connectivity index (χ0) is 20.9. The Bertz CT molecular complexity index is 957. The first-order valence-electron chi connectivity index (χ1n) is 9.23. The Morgan fingerprint density at radius 1 is 1.17 bits per heavy atom. The second-order valence-electron chi connectivity index (χ2n) is 6.62. The average molecular weight is 439 g/mol. The fourth-order valence-corrected chi connectivity index (χ4v) is 4.40. The number of morpholine rings is 1. The van der Waals surface area contributed by atoms with E-state index in [1.807, 2.05) is 31.2 Å². The van der Waals surface area contributed by atoms with Crippen molar-refractivity contribution in [3.8, 4) is 5.75 Å². The predicted molar refractivity (Wildman–Crippen MR) is 111 cm³/mol. The standard InChI is InChI=1S/C20H23ClN2O5S/c1-15-2-4-16(5-3-15)28-11-8-20(24)22-19-14-17(6-7-18(19)21)29(25,26)23-9-12-27-13-10-23/h2-7,14H,8-13H2,1H3,(H,22,24). The molecule has 156 valence electrons. The molecule has 1 amide bonds. The third-order valence-electron chi connectivity index (χ3n) is 4.44. The van der Waals surface area contributed by atoms with Crippen molar-refractivity contribution < 1.29 is 22.7 Å². The molecule has 0 unspecified atom stereocenters.